The molecule has 128 valence electrons. The summed E-state index contributed by atoms with van der Waals surface area (Å²) in [4.78, 5) is 11.2. The highest BCUT2D eigenvalue weighted by Crippen LogP contribution is 2.15. The van der Waals surface area contributed by atoms with Gasteiger partial charge in [0.25, 0.3) is 0 Å². The van der Waals surface area contributed by atoms with E-state index in [1.54, 1.807) is 0 Å². The van der Waals surface area contributed by atoms with Crippen LogP contribution in [0.25, 0.3) is 0 Å². The zero-order valence-corrected chi connectivity index (χ0v) is 14.2. The van der Waals surface area contributed by atoms with Crippen molar-refractivity contribution < 1.29 is 14.6 Å². The molecule has 0 aliphatic carbocycles. The van der Waals surface area contributed by atoms with Gasteiger partial charge in [0, 0.05) is 6.54 Å². The first-order chi connectivity index (χ1) is 11.5. The van der Waals surface area contributed by atoms with Gasteiger partial charge in [-0.2, -0.15) is 0 Å². The second kappa shape index (κ2) is 9.08. The first-order valence-electron chi connectivity index (χ1n) is 8.26. The molecule has 0 spiro atoms. The number of carboxylic acid groups (broad SMARTS) is 1. The van der Waals surface area contributed by atoms with Gasteiger partial charge in [0.15, 0.2) is 0 Å². The third-order valence-electron chi connectivity index (χ3n) is 3.73. The third-order valence-corrected chi connectivity index (χ3v) is 3.73. The fraction of sp³-hybridized carbons (Fsp3) is 0.350. The van der Waals surface area contributed by atoms with Crippen molar-refractivity contribution in [3.05, 3.63) is 65.7 Å². The van der Waals surface area contributed by atoms with E-state index in [1.807, 2.05) is 68.4 Å². The van der Waals surface area contributed by atoms with E-state index >= 15 is 0 Å². The molecule has 0 saturated heterocycles. The molecule has 0 aromatic heterocycles. The van der Waals surface area contributed by atoms with Gasteiger partial charge in [-0.15, -0.1) is 0 Å². The predicted molar refractivity (Wildman–Crippen MR) is 94.9 cm³/mol. The molecule has 1 unspecified atom stereocenters. The number of carboxylic acids is 1. The summed E-state index contributed by atoms with van der Waals surface area (Å²) in [5, 5.41) is 12.3. The van der Waals surface area contributed by atoms with Gasteiger partial charge in [-0.3, -0.25) is 4.79 Å². The van der Waals surface area contributed by atoms with Crippen LogP contribution in [0.15, 0.2) is 54.6 Å². The van der Waals surface area contributed by atoms with Gasteiger partial charge in [0.2, 0.25) is 0 Å². The van der Waals surface area contributed by atoms with Crippen molar-refractivity contribution in [2.24, 2.45) is 5.92 Å². The van der Waals surface area contributed by atoms with Crippen molar-refractivity contribution in [3.8, 4) is 5.75 Å². The number of aliphatic carboxylic acids is 1. The summed E-state index contributed by atoms with van der Waals surface area (Å²) in [7, 11) is 0. The number of hydrogen-bond donors (Lipinski definition) is 2. The number of carbonyl (C=O) groups is 1. The van der Waals surface area contributed by atoms with Crippen LogP contribution in [0, 0.1) is 5.92 Å². The molecule has 0 aliphatic rings. The van der Waals surface area contributed by atoms with Crippen molar-refractivity contribution >= 4 is 5.97 Å². The van der Waals surface area contributed by atoms with Gasteiger partial charge >= 0.3 is 5.97 Å². The molecule has 2 aromatic rings. The fourth-order valence-corrected chi connectivity index (χ4v) is 2.43. The lowest BCUT2D eigenvalue weighted by Crippen LogP contribution is -2.37. The van der Waals surface area contributed by atoms with Gasteiger partial charge in [-0.25, -0.2) is 0 Å². The molecule has 0 radical (unpaired) electrons. The molecule has 4 nitrogen and oxygen atoms in total. The number of ether oxygens (including phenoxy) is 1. The van der Waals surface area contributed by atoms with Crippen LogP contribution in [-0.2, 0) is 17.9 Å². The quantitative estimate of drug-likeness (QED) is 0.734. The van der Waals surface area contributed by atoms with Crippen molar-refractivity contribution in [2.45, 2.75) is 39.5 Å². The number of nitrogens with one attached hydrogen (secondary N) is 1. The van der Waals surface area contributed by atoms with Gasteiger partial charge < -0.3 is 15.2 Å². The topological polar surface area (TPSA) is 58.6 Å². The summed E-state index contributed by atoms with van der Waals surface area (Å²) < 4.78 is 5.75. The Bertz CT molecular complexity index is 623. The minimum absolute atomic E-state index is 0.340. The van der Waals surface area contributed by atoms with Crippen LogP contribution in [0.4, 0.5) is 0 Å². The van der Waals surface area contributed by atoms with Crippen molar-refractivity contribution in [3.63, 3.8) is 0 Å². The Morgan fingerprint density at radius 3 is 2.29 bits per heavy atom. The molecule has 24 heavy (non-hydrogen) atoms. The zero-order valence-electron chi connectivity index (χ0n) is 14.2. The molecule has 0 saturated carbocycles. The minimum atomic E-state index is -0.800. The summed E-state index contributed by atoms with van der Waals surface area (Å²) in [6, 6.07) is 17.2. The van der Waals surface area contributed by atoms with Gasteiger partial charge in [-0.1, -0.05) is 56.3 Å². The Morgan fingerprint density at radius 1 is 1.04 bits per heavy atom. The first kappa shape index (κ1) is 18.0. The maximum Gasteiger partial charge on any atom is 0.320 e. The predicted octanol–water partition coefficient (Wildman–Crippen LogP) is 3.85. The maximum absolute atomic E-state index is 11.2. The molecule has 0 bridgehead atoms. The number of hydrogen-bond acceptors (Lipinski definition) is 3. The average Bonchev–Trinajstić information content (AvgIpc) is 2.58. The summed E-state index contributed by atoms with van der Waals surface area (Å²) >= 11 is 0. The Hall–Kier alpha value is -2.33. The van der Waals surface area contributed by atoms with Crippen molar-refractivity contribution in [2.75, 3.05) is 0 Å². The lowest BCUT2D eigenvalue weighted by Gasteiger charge is -2.16. The molecule has 0 fully saturated rings. The summed E-state index contributed by atoms with van der Waals surface area (Å²) in [6.45, 7) is 5.11. The van der Waals surface area contributed by atoms with Crippen LogP contribution < -0.4 is 10.1 Å². The van der Waals surface area contributed by atoms with Gasteiger partial charge in [0.05, 0.1) is 0 Å². The molecule has 4 heteroatoms. The van der Waals surface area contributed by atoms with Crippen LogP contribution in [0.5, 0.6) is 5.75 Å². The van der Waals surface area contributed by atoms with E-state index in [4.69, 9.17) is 4.74 Å². The summed E-state index contributed by atoms with van der Waals surface area (Å²) in [5.41, 5.74) is 2.17. The average molecular weight is 327 g/mol. The van der Waals surface area contributed by atoms with Crippen LogP contribution in [0.2, 0.25) is 0 Å². The number of benzene rings is 2. The van der Waals surface area contributed by atoms with E-state index in [0.717, 1.165) is 16.9 Å². The Morgan fingerprint density at radius 2 is 1.71 bits per heavy atom. The molecule has 2 aromatic carbocycles. The Kier molecular flexibility index (Phi) is 6.82. The lowest BCUT2D eigenvalue weighted by atomic mass is 10.0. The van der Waals surface area contributed by atoms with Crippen LogP contribution in [0.1, 0.15) is 31.4 Å². The lowest BCUT2D eigenvalue weighted by molar-refractivity contribution is -0.140. The largest absolute Gasteiger partial charge is 0.489 e. The second-order valence-corrected chi connectivity index (χ2v) is 6.32. The molecular formula is C20H25NO3. The van der Waals surface area contributed by atoms with E-state index in [1.165, 1.54) is 0 Å². The Balaban J connectivity index is 1.84. The van der Waals surface area contributed by atoms with Gasteiger partial charge in [-0.05, 0) is 35.6 Å². The van der Waals surface area contributed by atoms with Crippen LogP contribution >= 0.6 is 0 Å². The molecule has 0 aliphatic heterocycles. The number of rotatable bonds is 9. The Labute approximate surface area is 143 Å². The van der Waals surface area contributed by atoms with E-state index in [-0.39, 0.29) is 0 Å². The molecule has 0 amide bonds. The van der Waals surface area contributed by atoms with Gasteiger partial charge in [0.1, 0.15) is 18.4 Å². The zero-order chi connectivity index (χ0) is 17.4. The standard InChI is InChI=1S/C20H25NO3/c1-15(2)12-19(20(22)23)21-13-16-8-10-18(11-9-16)24-14-17-6-4-3-5-7-17/h3-11,15,19,21H,12-14H2,1-2H3,(H,22,23). The molecule has 1 atom stereocenters. The SMILES string of the molecule is CC(C)CC(NCc1ccc(OCc2ccccc2)cc1)C(=O)O. The second-order valence-electron chi connectivity index (χ2n) is 6.32. The third kappa shape index (κ3) is 6.05. The van der Waals surface area contributed by atoms with E-state index in [9.17, 15) is 9.90 Å². The minimum Gasteiger partial charge on any atom is -0.489 e. The smallest absolute Gasteiger partial charge is 0.320 e. The molecule has 0 heterocycles. The monoisotopic (exact) mass is 327 g/mol. The van der Waals surface area contributed by atoms with Crippen LogP contribution in [0.3, 0.4) is 0 Å². The first-order valence-corrected chi connectivity index (χ1v) is 8.26. The fourth-order valence-electron chi connectivity index (χ4n) is 2.43. The van der Waals surface area contributed by atoms with Crippen molar-refractivity contribution in [1.29, 1.82) is 0 Å². The highest BCUT2D eigenvalue weighted by Gasteiger charge is 2.17. The van der Waals surface area contributed by atoms with Crippen molar-refractivity contribution in [1.82, 2.24) is 5.32 Å². The van der Waals surface area contributed by atoms with E-state index in [2.05, 4.69) is 5.32 Å². The highest BCUT2D eigenvalue weighted by atomic mass is 16.5. The highest BCUT2D eigenvalue weighted by molar-refractivity contribution is 5.73. The maximum atomic E-state index is 11.2. The van der Waals surface area contributed by atoms with E-state index in [0.29, 0.717) is 25.5 Å². The van der Waals surface area contributed by atoms with E-state index < -0.39 is 12.0 Å². The molecule has 2 N–H and O–H groups in total. The normalized spacial score (nSPS) is 12.1. The molecule has 2 rings (SSSR count). The molecular weight excluding hydrogens is 302 g/mol. The van der Waals surface area contributed by atoms with Crippen LogP contribution in [-0.4, -0.2) is 17.1 Å². The summed E-state index contributed by atoms with van der Waals surface area (Å²) in [6.07, 6.45) is 0.619. The summed E-state index contributed by atoms with van der Waals surface area (Å²) in [5.74, 6) is 0.346.